The first-order chi connectivity index (χ1) is 13.8. The summed E-state index contributed by atoms with van der Waals surface area (Å²) in [6, 6.07) is 5.29. The number of esters is 1. The van der Waals surface area contributed by atoms with Crippen molar-refractivity contribution in [2.24, 2.45) is 0 Å². The first-order valence-electron chi connectivity index (χ1n) is 9.16. The van der Waals surface area contributed by atoms with E-state index in [1.165, 1.54) is 6.20 Å². The largest absolute Gasteiger partial charge is 0.463 e. The molecule has 0 aliphatic heterocycles. The number of hydrogen-bond acceptors (Lipinski definition) is 6. The number of benzene rings is 1. The van der Waals surface area contributed by atoms with Crippen LogP contribution < -0.4 is 10.9 Å². The molecule has 0 unspecified atom stereocenters. The number of aromatic amines is 1. The number of ether oxygens (including phenoxy) is 1. The SMILES string of the molecule is CC(C)OC(=O)CCCn1ncc2nc(NCc3ccc(Cl)c(Cl)c3)[nH]c(=O)c21. The Morgan fingerprint density at radius 3 is 2.83 bits per heavy atom. The molecule has 0 aliphatic rings. The molecule has 0 radical (unpaired) electrons. The molecule has 0 atom stereocenters. The summed E-state index contributed by atoms with van der Waals surface area (Å²) in [5, 5.41) is 8.22. The van der Waals surface area contributed by atoms with Crippen LogP contribution in [-0.4, -0.2) is 31.8 Å². The standard InChI is InChI=1S/C19H21Cl2N5O3/c1-11(2)29-16(27)4-3-7-26-17-15(10-23-26)24-19(25-18(17)28)22-9-12-5-6-13(20)14(21)8-12/h5-6,8,10-11H,3-4,7,9H2,1-2H3,(H2,22,24,25,28). The van der Waals surface area contributed by atoms with Crippen molar-refractivity contribution in [2.75, 3.05) is 5.32 Å². The molecule has 29 heavy (non-hydrogen) atoms. The van der Waals surface area contributed by atoms with Crippen molar-refractivity contribution in [1.29, 1.82) is 0 Å². The number of nitrogens with zero attached hydrogens (tertiary/aromatic N) is 3. The number of rotatable bonds is 8. The van der Waals surface area contributed by atoms with E-state index in [1.807, 2.05) is 6.07 Å². The number of H-pyrrole nitrogens is 1. The lowest BCUT2D eigenvalue weighted by Crippen LogP contribution is -2.17. The Labute approximate surface area is 177 Å². The molecule has 0 fully saturated rings. The van der Waals surface area contributed by atoms with E-state index in [2.05, 4.69) is 20.4 Å². The van der Waals surface area contributed by atoms with Gasteiger partial charge in [0.2, 0.25) is 5.95 Å². The van der Waals surface area contributed by atoms with Gasteiger partial charge in [-0.25, -0.2) is 4.98 Å². The fourth-order valence-corrected chi connectivity index (χ4v) is 3.11. The minimum atomic E-state index is -0.311. The van der Waals surface area contributed by atoms with E-state index >= 15 is 0 Å². The highest BCUT2D eigenvalue weighted by Gasteiger charge is 2.12. The molecule has 0 amide bonds. The Kier molecular flexibility index (Phi) is 6.76. The number of anilines is 1. The van der Waals surface area contributed by atoms with Crippen LogP contribution in [0.3, 0.4) is 0 Å². The average Bonchev–Trinajstić information content (AvgIpc) is 3.05. The monoisotopic (exact) mass is 437 g/mol. The summed E-state index contributed by atoms with van der Waals surface area (Å²) in [5.41, 5.74) is 1.41. The van der Waals surface area contributed by atoms with Gasteiger partial charge in [-0.15, -0.1) is 0 Å². The summed E-state index contributed by atoms with van der Waals surface area (Å²) >= 11 is 11.9. The van der Waals surface area contributed by atoms with Gasteiger partial charge in [-0.1, -0.05) is 29.3 Å². The van der Waals surface area contributed by atoms with E-state index in [0.29, 0.717) is 46.5 Å². The second-order valence-corrected chi connectivity index (χ2v) is 7.57. The summed E-state index contributed by atoms with van der Waals surface area (Å²) in [4.78, 5) is 31.2. The molecule has 8 nitrogen and oxygen atoms in total. The topological polar surface area (TPSA) is 102 Å². The normalized spacial score (nSPS) is 11.2. The second kappa shape index (κ2) is 9.28. The third kappa shape index (κ3) is 5.48. The summed E-state index contributed by atoms with van der Waals surface area (Å²) in [5.74, 6) is 0.0610. The molecular weight excluding hydrogens is 417 g/mol. The van der Waals surface area contributed by atoms with E-state index < -0.39 is 0 Å². The van der Waals surface area contributed by atoms with Gasteiger partial charge in [0.15, 0.2) is 5.52 Å². The van der Waals surface area contributed by atoms with E-state index in [1.54, 1.807) is 30.7 Å². The van der Waals surface area contributed by atoms with E-state index in [-0.39, 0.29) is 24.1 Å². The summed E-state index contributed by atoms with van der Waals surface area (Å²) in [6.07, 6.45) is 2.16. The molecule has 1 aromatic carbocycles. The van der Waals surface area contributed by atoms with Crippen LogP contribution in [-0.2, 0) is 22.6 Å². The van der Waals surface area contributed by atoms with Gasteiger partial charge < -0.3 is 10.1 Å². The van der Waals surface area contributed by atoms with Crippen LogP contribution in [0.5, 0.6) is 0 Å². The number of aryl methyl sites for hydroxylation is 1. The first kappa shape index (κ1) is 21.1. The molecule has 0 saturated heterocycles. The Balaban J connectivity index is 1.66. The predicted octanol–water partition coefficient (Wildman–Crippen LogP) is 3.77. The number of hydrogen-bond donors (Lipinski definition) is 2. The molecule has 154 valence electrons. The fourth-order valence-electron chi connectivity index (χ4n) is 2.79. The summed E-state index contributed by atoms with van der Waals surface area (Å²) < 4.78 is 6.65. The molecular formula is C19H21Cl2N5O3. The number of halogens is 2. The number of carbonyl (C=O) groups is 1. The van der Waals surface area contributed by atoms with Crippen molar-refractivity contribution < 1.29 is 9.53 Å². The van der Waals surface area contributed by atoms with Gasteiger partial charge in [0.25, 0.3) is 5.56 Å². The number of aromatic nitrogens is 4. The van der Waals surface area contributed by atoms with Crippen LogP contribution >= 0.6 is 23.2 Å². The van der Waals surface area contributed by atoms with Crippen LogP contribution in [0.15, 0.2) is 29.2 Å². The van der Waals surface area contributed by atoms with Gasteiger partial charge in [-0.05, 0) is 38.0 Å². The number of fused-ring (bicyclic) bond motifs is 1. The van der Waals surface area contributed by atoms with Crippen LogP contribution in [0.4, 0.5) is 5.95 Å². The molecule has 0 aliphatic carbocycles. The van der Waals surface area contributed by atoms with Gasteiger partial charge >= 0.3 is 5.97 Å². The average molecular weight is 438 g/mol. The quantitative estimate of drug-likeness (QED) is 0.519. The molecule has 2 heterocycles. The number of carbonyl (C=O) groups excluding carboxylic acids is 1. The highest BCUT2D eigenvalue weighted by atomic mass is 35.5. The molecule has 2 N–H and O–H groups in total. The lowest BCUT2D eigenvalue weighted by molar-refractivity contribution is -0.147. The molecule has 3 rings (SSSR count). The molecule has 2 aromatic heterocycles. The minimum absolute atomic E-state index is 0.144. The maximum absolute atomic E-state index is 12.5. The second-order valence-electron chi connectivity index (χ2n) is 6.76. The third-order valence-electron chi connectivity index (χ3n) is 4.06. The van der Waals surface area contributed by atoms with Crippen LogP contribution in [0.25, 0.3) is 11.0 Å². The Hall–Kier alpha value is -2.58. The molecule has 3 aromatic rings. The van der Waals surface area contributed by atoms with Crippen LogP contribution in [0.1, 0.15) is 32.3 Å². The van der Waals surface area contributed by atoms with Gasteiger partial charge in [0, 0.05) is 19.5 Å². The van der Waals surface area contributed by atoms with Crippen molar-refractivity contribution in [1.82, 2.24) is 19.7 Å². The summed E-state index contributed by atoms with van der Waals surface area (Å²) in [6.45, 7) is 4.43. The molecule has 0 spiro atoms. The highest BCUT2D eigenvalue weighted by Crippen LogP contribution is 2.22. The van der Waals surface area contributed by atoms with Gasteiger partial charge in [0.1, 0.15) is 5.52 Å². The van der Waals surface area contributed by atoms with E-state index in [0.717, 1.165) is 5.56 Å². The van der Waals surface area contributed by atoms with E-state index in [4.69, 9.17) is 27.9 Å². The Morgan fingerprint density at radius 1 is 1.31 bits per heavy atom. The lowest BCUT2D eigenvalue weighted by atomic mass is 10.2. The van der Waals surface area contributed by atoms with Crippen molar-refractivity contribution in [3.8, 4) is 0 Å². The zero-order chi connectivity index (χ0) is 21.0. The third-order valence-corrected chi connectivity index (χ3v) is 4.80. The summed E-state index contributed by atoms with van der Waals surface area (Å²) in [7, 11) is 0. The highest BCUT2D eigenvalue weighted by molar-refractivity contribution is 6.42. The van der Waals surface area contributed by atoms with Crippen molar-refractivity contribution >= 4 is 46.2 Å². The molecule has 10 heteroatoms. The Morgan fingerprint density at radius 2 is 2.10 bits per heavy atom. The van der Waals surface area contributed by atoms with E-state index in [9.17, 15) is 9.59 Å². The maximum Gasteiger partial charge on any atom is 0.306 e. The number of nitrogens with one attached hydrogen (secondary N) is 2. The predicted molar refractivity (Wildman–Crippen MR) is 112 cm³/mol. The van der Waals surface area contributed by atoms with Crippen molar-refractivity contribution in [3.63, 3.8) is 0 Å². The van der Waals surface area contributed by atoms with Crippen LogP contribution in [0, 0.1) is 0 Å². The minimum Gasteiger partial charge on any atom is -0.463 e. The Bertz CT molecular complexity index is 1080. The smallest absolute Gasteiger partial charge is 0.306 e. The molecule has 0 bridgehead atoms. The zero-order valence-electron chi connectivity index (χ0n) is 16.0. The first-order valence-corrected chi connectivity index (χ1v) is 9.92. The fraction of sp³-hybridized carbons (Fsp3) is 0.368. The van der Waals surface area contributed by atoms with Crippen LogP contribution in [0.2, 0.25) is 10.0 Å². The van der Waals surface area contributed by atoms with Gasteiger partial charge in [0.05, 0.1) is 22.3 Å². The van der Waals surface area contributed by atoms with Gasteiger partial charge in [-0.3, -0.25) is 19.3 Å². The maximum atomic E-state index is 12.5. The lowest BCUT2D eigenvalue weighted by Gasteiger charge is -2.08. The molecule has 0 saturated carbocycles. The van der Waals surface area contributed by atoms with Crippen molar-refractivity contribution in [2.45, 2.75) is 45.9 Å². The van der Waals surface area contributed by atoms with Crippen molar-refractivity contribution in [3.05, 3.63) is 50.4 Å². The zero-order valence-corrected chi connectivity index (χ0v) is 17.5. The van der Waals surface area contributed by atoms with Gasteiger partial charge in [-0.2, -0.15) is 5.10 Å².